The predicted molar refractivity (Wildman–Crippen MR) is 271 cm³/mol. The zero-order valence-corrected chi connectivity index (χ0v) is 40.3. The van der Waals surface area contributed by atoms with E-state index in [1.54, 1.807) is 0 Å². The minimum Gasteiger partial charge on any atom is -0.369 e. The summed E-state index contributed by atoms with van der Waals surface area (Å²) in [5.74, 6) is 1.06. The van der Waals surface area contributed by atoms with Gasteiger partial charge in [-0.2, -0.15) is 15.0 Å². The van der Waals surface area contributed by atoms with Crippen LogP contribution in [0.25, 0.3) is 0 Å². The monoisotopic (exact) mass is 950 g/mol. The zero-order valence-electron chi connectivity index (χ0n) is 38.3. The molecule has 7 N–H and O–H groups in total. The second-order valence-electron chi connectivity index (χ2n) is 15.9. The number of hydrogen-bond acceptors (Lipinski definition) is 14. The van der Waals surface area contributed by atoms with Crippen molar-refractivity contribution in [1.82, 2.24) is 15.0 Å². The van der Waals surface area contributed by atoms with Crippen molar-refractivity contribution in [2.24, 2.45) is 11.5 Å². The highest BCUT2D eigenvalue weighted by Gasteiger charge is 2.66. The summed E-state index contributed by atoms with van der Waals surface area (Å²) in [6.45, 7) is 3.11. The van der Waals surface area contributed by atoms with Crippen LogP contribution < -0.4 is 27.4 Å². The Kier molecular flexibility index (Phi) is 19.7. The number of anilines is 3. The van der Waals surface area contributed by atoms with Crippen molar-refractivity contribution in [3.8, 4) is 0 Å². The lowest BCUT2D eigenvalue weighted by Gasteiger charge is -2.43. The number of benzene rings is 6. The number of hydrogen-bond donors (Lipinski definition) is 5. The van der Waals surface area contributed by atoms with E-state index in [0.717, 1.165) is 33.4 Å². The Bertz CT molecular complexity index is 2080. The molecule has 1 heterocycles. The van der Waals surface area contributed by atoms with Gasteiger partial charge in [-0.1, -0.05) is 182 Å². The third-order valence-electron chi connectivity index (χ3n) is 10.8. The summed E-state index contributed by atoms with van der Waals surface area (Å²) in [6, 6.07) is 60.3. The molecule has 7 rings (SSSR count). The number of nitrogens with two attached hydrogens (primary N) is 2. The maximum Gasteiger partial charge on any atom is 0.509 e. The van der Waals surface area contributed by atoms with Crippen LogP contribution in [0, 0.1) is 0 Å². The Hall–Kier alpha value is -6.16. The molecule has 0 fully saturated rings. The molecule has 68 heavy (non-hydrogen) atoms. The van der Waals surface area contributed by atoms with Crippen LogP contribution in [0.1, 0.15) is 39.8 Å². The lowest BCUT2D eigenvalue weighted by atomic mass is 10.2. The van der Waals surface area contributed by atoms with Crippen LogP contribution in [0.4, 0.5) is 17.8 Å². The molecule has 16 heteroatoms. The Labute approximate surface area is 402 Å². The fourth-order valence-corrected chi connectivity index (χ4v) is 15.4. The van der Waals surface area contributed by atoms with E-state index in [4.69, 9.17) is 48.0 Å². The van der Waals surface area contributed by atoms with Gasteiger partial charge in [-0.3, -0.25) is 0 Å². The molecule has 0 atom stereocenters. The van der Waals surface area contributed by atoms with Crippen LogP contribution in [0.15, 0.2) is 182 Å². The summed E-state index contributed by atoms with van der Waals surface area (Å²) in [5.41, 5.74) is 17.4. The first kappa shape index (κ1) is 49.7. The van der Waals surface area contributed by atoms with Crippen molar-refractivity contribution in [3.63, 3.8) is 0 Å². The molecule has 0 unspecified atom stereocenters. The van der Waals surface area contributed by atoms with E-state index in [-0.39, 0.29) is 39.6 Å². The lowest BCUT2D eigenvalue weighted by Crippen LogP contribution is -2.64. The maximum absolute atomic E-state index is 7.39. The second-order valence-corrected chi connectivity index (χ2v) is 22.0. The standard InChI is InChI=1S/C52H62N8O6Si2/c53-32-35-56-51-58-50(59-52(60-51)57-36-33-54)55-34-31-49(67(61-37-43-19-7-1-8-20-43,62-38-44-21-9-2-10-22-44)63-39-45-23-11-3-12-24-45)68(64-40-46-25-13-4-14-26-46,65-41-47-27-15-5-16-28-47)66-42-48-29-17-6-18-30-48/h1-30,49H,31-42,53-54H2,(H3,55,56,57,58,59,60). The SMILES string of the molecule is NCCNc1nc(NCCN)nc(NCCC([Si](OCc2ccccc2)(OCc2ccccc2)OCc2ccccc2)[Si](OCc2ccccc2)(OCc2ccccc2)OCc2ccccc2)n1. The molecule has 1 aromatic heterocycles. The number of nitrogens with zero attached hydrogens (tertiary/aromatic N) is 3. The van der Waals surface area contributed by atoms with Crippen LogP contribution in [0.3, 0.4) is 0 Å². The molecule has 0 saturated heterocycles. The fourth-order valence-electron chi connectivity index (χ4n) is 7.28. The summed E-state index contributed by atoms with van der Waals surface area (Å²) in [5, 5.41) is 9.13. The Balaban J connectivity index is 1.40. The molecular formula is C52H62N8O6Si2. The van der Waals surface area contributed by atoms with Crippen LogP contribution in [0.5, 0.6) is 0 Å². The number of nitrogens with one attached hydrogen (secondary N) is 3. The second kappa shape index (κ2) is 27.0. The van der Waals surface area contributed by atoms with E-state index < -0.39 is 22.8 Å². The zero-order chi connectivity index (χ0) is 47.0. The van der Waals surface area contributed by atoms with Gasteiger partial charge in [0, 0.05) is 32.7 Å². The third kappa shape index (κ3) is 15.4. The van der Waals surface area contributed by atoms with Gasteiger partial charge in [-0.25, -0.2) is 0 Å². The Morgan fingerprint density at radius 1 is 0.338 bits per heavy atom. The van der Waals surface area contributed by atoms with Gasteiger partial charge in [0.15, 0.2) is 0 Å². The van der Waals surface area contributed by atoms with Gasteiger partial charge in [-0.05, 0) is 39.8 Å². The Morgan fingerprint density at radius 2 is 0.559 bits per heavy atom. The minimum absolute atomic E-state index is 0.181. The van der Waals surface area contributed by atoms with Crippen molar-refractivity contribution in [1.29, 1.82) is 0 Å². The molecule has 0 aliphatic rings. The van der Waals surface area contributed by atoms with E-state index in [2.05, 4.69) is 20.9 Å². The van der Waals surface area contributed by atoms with E-state index in [0.29, 0.717) is 57.0 Å². The van der Waals surface area contributed by atoms with Crippen LogP contribution in [0.2, 0.25) is 5.16 Å². The average molecular weight is 951 g/mol. The normalized spacial score (nSPS) is 11.7. The molecular weight excluding hydrogens is 889 g/mol. The van der Waals surface area contributed by atoms with Gasteiger partial charge >= 0.3 is 17.6 Å². The summed E-state index contributed by atoms with van der Waals surface area (Å²) in [6.07, 6.45) is 0.317. The van der Waals surface area contributed by atoms with Crippen molar-refractivity contribution < 1.29 is 26.6 Å². The molecule has 0 amide bonds. The molecule has 6 aromatic carbocycles. The molecule has 0 spiro atoms. The van der Waals surface area contributed by atoms with Gasteiger partial charge in [0.25, 0.3) is 0 Å². The maximum atomic E-state index is 7.39. The summed E-state index contributed by atoms with van der Waals surface area (Å²) < 4.78 is 44.3. The lowest BCUT2D eigenvalue weighted by molar-refractivity contribution is 0.00476. The summed E-state index contributed by atoms with van der Waals surface area (Å²) in [4.78, 5) is 14.0. The smallest absolute Gasteiger partial charge is 0.369 e. The quantitative estimate of drug-likeness (QED) is 0.0271. The van der Waals surface area contributed by atoms with Crippen LogP contribution in [-0.4, -0.2) is 65.3 Å². The third-order valence-corrected chi connectivity index (χ3v) is 18.4. The first-order valence-electron chi connectivity index (χ1n) is 23.0. The molecule has 0 aliphatic carbocycles. The largest absolute Gasteiger partial charge is 0.509 e. The van der Waals surface area contributed by atoms with Crippen molar-refractivity contribution in [3.05, 3.63) is 215 Å². The molecule has 0 saturated carbocycles. The highest BCUT2D eigenvalue weighted by molar-refractivity contribution is 6.82. The van der Waals surface area contributed by atoms with E-state index in [9.17, 15) is 0 Å². The van der Waals surface area contributed by atoms with E-state index in [1.807, 2.05) is 182 Å². The van der Waals surface area contributed by atoms with Crippen LogP contribution in [-0.2, 0) is 66.2 Å². The summed E-state index contributed by atoms with van der Waals surface area (Å²) in [7, 11) is -8.35. The van der Waals surface area contributed by atoms with Crippen molar-refractivity contribution >= 4 is 35.5 Å². The van der Waals surface area contributed by atoms with E-state index in [1.165, 1.54) is 0 Å². The topological polar surface area (TPSA) is 182 Å². The average Bonchev–Trinajstić information content (AvgIpc) is 3.40. The Morgan fingerprint density at radius 3 is 0.779 bits per heavy atom. The fraction of sp³-hybridized carbons (Fsp3) is 0.250. The van der Waals surface area contributed by atoms with Crippen molar-refractivity contribution in [2.75, 3.05) is 48.7 Å². The van der Waals surface area contributed by atoms with Gasteiger partial charge in [0.1, 0.15) is 5.16 Å². The van der Waals surface area contributed by atoms with Gasteiger partial charge in [-0.15, -0.1) is 0 Å². The van der Waals surface area contributed by atoms with Gasteiger partial charge in [0.05, 0.1) is 39.6 Å². The van der Waals surface area contributed by atoms with Gasteiger partial charge in [0.2, 0.25) is 17.8 Å². The molecule has 0 bridgehead atoms. The van der Waals surface area contributed by atoms with E-state index >= 15 is 0 Å². The number of aromatic nitrogens is 3. The molecule has 0 radical (unpaired) electrons. The molecule has 14 nitrogen and oxygen atoms in total. The predicted octanol–water partition coefficient (Wildman–Crippen LogP) is 8.50. The highest BCUT2D eigenvalue weighted by Crippen LogP contribution is 2.43. The molecule has 0 aliphatic heterocycles. The highest BCUT2D eigenvalue weighted by atomic mass is 28.5. The first-order valence-corrected chi connectivity index (χ1v) is 26.6. The number of rotatable bonds is 30. The van der Waals surface area contributed by atoms with Crippen molar-refractivity contribution in [2.45, 2.75) is 51.2 Å². The first-order chi connectivity index (χ1) is 33.5. The van der Waals surface area contributed by atoms with Gasteiger partial charge < -0.3 is 54.0 Å². The summed E-state index contributed by atoms with van der Waals surface area (Å²) >= 11 is 0. The minimum atomic E-state index is -4.18. The molecule has 354 valence electrons. The van der Waals surface area contributed by atoms with Crippen LogP contribution >= 0.6 is 0 Å². The molecule has 7 aromatic rings.